The van der Waals surface area contributed by atoms with Crippen molar-refractivity contribution in [2.45, 2.75) is 71.3 Å². The van der Waals surface area contributed by atoms with Gasteiger partial charge in [0.05, 0.1) is 11.8 Å². The quantitative estimate of drug-likeness (QED) is 0.535. The topological polar surface area (TPSA) is 124 Å². The van der Waals surface area contributed by atoms with Gasteiger partial charge >= 0.3 is 12.1 Å². The summed E-state index contributed by atoms with van der Waals surface area (Å²) in [4.78, 5) is 38.0. The summed E-state index contributed by atoms with van der Waals surface area (Å²) in [6, 6.07) is -0.0234. The number of rotatable bonds is 8. The summed E-state index contributed by atoms with van der Waals surface area (Å²) in [6.07, 6.45) is -3.16. The smallest absolute Gasteiger partial charge is 0.342 e. The number of amides is 3. The molecule has 32 heavy (non-hydrogen) atoms. The lowest BCUT2D eigenvalue weighted by atomic mass is 9.85. The summed E-state index contributed by atoms with van der Waals surface area (Å²) in [5.74, 6) is -3.60. The number of carbonyl (C=O) groups is 3. The largest absolute Gasteiger partial charge is 0.471 e. The first-order valence-corrected chi connectivity index (χ1v) is 10.8. The van der Waals surface area contributed by atoms with Crippen LogP contribution in [0.15, 0.2) is 6.07 Å². The minimum Gasteiger partial charge on any atom is -0.342 e. The number of alkyl halides is 3. The fourth-order valence-corrected chi connectivity index (χ4v) is 3.58. The van der Waals surface area contributed by atoms with E-state index in [1.165, 1.54) is 32.3 Å². The molecule has 3 amide bonds. The highest BCUT2D eigenvalue weighted by atomic mass is 32.1. The zero-order valence-electron chi connectivity index (χ0n) is 18.2. The van der Waals surface area contributed by atoms with Crippen molar-refractivity contribution in [1.29, 1.82) is 5.26 Å². The number of nitriles is 1. The van der Waals surface area contributed by atoms with Crippen LogP contribution in [-0.2, 0) is 14.4 Å². The van der Waals surface area contributed by atoms with Crippen LogP contribution in [0.1, 0.15) is 56.6 Å². The van der Waals surface area contributed by atoms with Gasteiger partial charge in [-0.2, -0.15) is 22.8 Å². The number of halogens is 3. The molecule has 1 aliphatic carbocycles. The highest BCUT2D eigenvalue weighted by Gasteiger charge is 2.44. The maximum Gasteiger partial charge on any atom is 0.471 e. The maximum absolute atomic E-state index is 12.9. The van der Waals surface area contributed by atoms with E-state index in [0.29, 0.717) is 5.69 Å². The molecule has 0 aliphatic heterocycles. The Morgan fingerprint density at radius 2 is 1.81 bits per heavy atom. The standard InChI is InChI=1S/C20H26F3N5O3S/c1-10-7-12(28-32-10)14(9-24)26-16(29)13(8-11-5-6-11)25-17(30)15(19(2,3)4)27-18(31)20(21,22)23/h7,11,13-15H,5-6,8H2,1-4H3,(H,25,30)(H,26,29)(H,27,31). The zero-order chi connectivity index (χ0) is 24.3. The van der Waals surface area contributed by atoms with Gasteiger partial charge in [0.25, 0.3) is 0 Å². The molecule has 0 spiro atoms. The lowest BCUT2D eigenvalue weighted by Gasteiger charge is -2.32. The highest BCUT2D eigenvalue weighted by Crippen LogP contribution is 2.34. The van der Waals surface area contributed by atoms with Crippen molar-refractivity contribution in [3.8, 4) is 6.07 Å². The third-order valence-electron chi connectivity index (χ3n) is 4.92. The molecule has 0 radical (unpaired) electrons. The van der Waals surface area contributed by atoms with Gasteiger partial charge in [0, 0.05) is 4.88 Å². The van der Waals surface area contributed by atoms with E-state index in [1.807, 2.05) is 6.07 Å². The Morgan fingerprint density at radius 1 is 1.19 bits per heavy atom. The van der Waals surface area contributed by atoms with E-state index >= 15 is 0 Å². The molecule has 1 aliphatic rings. The van der Waals surface area contributed by atoms with Gasteiger partial charge in [0.15, 0.2) is 6.04 Å². The second-order valence-corrected chi connectivity index (χ2v) is 9.95. The van der Waals surface area contributed by atoms with Gasteiger partial charge in [0.1, 0.15) is 12.1 Å². The van der Waals surface area contributed by atoms with Crippen LogP contribution in [0.2, 0.25) is 0 Å². The van der Waals surface area contributed by atoms with Gasteiger partial charge in [-0.1, -0.05) is 33.6 Å². The van der Waals surface area contributed by atoms with Gasteiger partial charge in [0.2, 0.25) is 11.8 Å². The Hall–Kier alpha value is -2.68. The van der Waals surface area contributed by atoms with Gasteiger partial charge in [-0.25, -0.2) is 0 Å². The SMILES string of the molecule is Cc1cc(C(C#N)NC(=O)C(CC2CC2)NC(=O)C(NC(=O)C(F)(F)F)C(C)(C)C)ns1. The molecule has 0 aromatic carbocycles. The monoisotopic (exact) mass is 473 g/mol. The minimum atomic E-state index is -5.15. The van der Waals surface area contributed by atoms with Crippen molar-refractivity contribution >= 4 is 29.3 Å². The molecule has 176 valence electrons. The van der Waals surface area contributed by atoms with Gasteiger partial charge in [-0.3, -0.25) is 14.4 Å². The van der Waals surface area contributed by atoms with E-state index in [9.17, 15) is 32.8 Å². The first kappa shape index (κ1) is 25.6. The Labute approximate surface area is 188 Å². The van der Waals surface area contributed by atoms with Crippen LogP contribution in [0.5, 0.6) is 0 Å². The highest BCUT2D eigenvalue weighted by molar-refractivity contribution is 7.05. The summed E-state index contributed by atoms with van der Waals surface area (Å²) in [7, 11) is 0. The molecular formula is C20H26F3N5O3S. The molecule has 1 fully saturated rings. The van der Waals surface area contributed by atoms with Crippen LogP contribution < -0.4 is 16.0 Å². The average Bonchev–Trinajstić information content (AvgIpc) is 3.39. The molecule has 3 unspecified atom stereocenters. The van der Waals surface area contributed by atoms with E-state index in [4.69, 9.17) is 0 Å². The lowest BCUT2D eigenvalue weighted by molar-refractivity contribution is -0.175. The summed E-state index contributed by atoms with van der Waals surface area (Å²) < 4.78 is 42.3. The van der Waals surface area contributed by atoms with E-state index in [-0.39, 0.29) is 12.3 Å². The lowest BCUT2D eigenvalue weighted by Crippen LogP contribution is -2.59. The zero-order valence-corrected chi connectivity index (χ0v) is 19.0. The average molecular weight is 474 g/mol. The number of aryl methyl sites for hydroxylation is 1. The van der Waals surface area contributed by atoms with Crippen molar-refractivity contribution < 1.29 is 27.6 Å². The first-order chi connectivity index (χ1) is 14.7. The number of carbonyl (C=O) groups excluding carboxylic acids is 3. The molecule has 0 bridgehead atoms. The Morgan fingerprint density at radius 3 is 2.25 bits per heavy atom. The van der Waals surface area contributed by atoms with Crippen LogP contribution in [0, 0.1) is 29.6 Å². The summed E-state index contributed by atoms with van der Waals surface area (Å²) in [5.41, 5.74) is -0.691. The fourth-order valence-electron chi connectivity index (χ4n) is 3.00. The molecular weight excluding hydrogens is 447 g/mol. The normalized spacial score (nSPS) is 16.9. The Bertz CT molecular complexity index is 900. The van der Waals surface area contributed by atoms with E-state index < -0.39 is 47.4 Å². The molecule has 2 rings (SSSR count). The van der Waals surface area contributed by atoms with Crippen LogP contribution in [0.3, 0.4) is 0 Å². The van der Waals surface area contributed by atoms with Crippen molar-refractivity contribution in [1.82, 2.24) is 20.3 Å². The number of hydrogen-bond donors (Lipinski definition) is 3. The van der Waals surface area contributed by atoms with Crippen LogP contribution >= 0.6 is 11.5 Å². The molecule has 0 saturated heterocycles. The maximum atomic E-state index is 12.9. The Balaban J connectivity index is 2.16. The summed E-state index contributed by atoms with van der Waals surface area (Å²) in [5, 5.41) is 16.2. The molecule has 3 atom stereocenters. The minimum absolute atomic E-state index is 0.186. The number of hydrogen-bond acceptors (Lipinski definition) is 6. The van der Waals surface area contributed by atoms with E-state index in [1.54, 1.807) is 18.3 Å². The van der Waals surface area contributed by atoms with Gasteiger partial charge < -0.3 is 16.0 Å². The fraction of sp³-hybridized carbons (Fsp3) is 0.650. The predicted molar refractivity (Wildman–Crippen MR) is 110 cm³/mol. The molecule has 3 N–H and O–H groups in total. The second-order valence-electron chi connectivity index (χ2n) is 8.94. The first-order valence-electron chi connectivity index (χ1n) is 10.0. The number of nitrogens with zero attached hydrogens (tertiary/aromatic N) is 2. The summed E-state index contributed by atoms with van der Waals surface area (Å²) >= 11 is 1.17. The van der Waals surface area contributed by atoms with E-state index in [2.05, 4.69) is 15.0 Å². The predicted octanol–water partition coefficient (Wildman–Crippen LogP) is 2.51. The van der Waals surface area contributed by atoms with Crippen molar-refractivity contribution in [2.24, 2.45) is 11.3 Å². The van der Waals surface area contributed by atoms with Gasteiger partial charge in [-0.15, -0.1) is 0 Å². The van der Waals surface area contributed by atoms with Gasteiger partial charge in [-0.05, 0) is 42.3 Å². The van der Waals surface area contributed by atoms with Crippen molar-refractivity contribution in [3.63, 3.8) is 0 Å². The summed E-state index contributed by atoms with van der Waals surface area (Å²) in [6.45, 7) is 6.30. The number of aromatic nitrogens is 1. The van der Waals surface area contributed by atoms with Crippen molar-refractivity contribution in [2.75, 3.05) is 0 Å². The van der Waals surface area contributed by atoms with Crippen LogP contribution in [0.4, 0.5) is 13.2 Å². The molecule has 12 heteroatoms. The van der Waals surface area contributed by atoms with Crippen molar-refractivity contribution in [3.05, 3.63) is 16.6 Å². The molecule has 8 nitrogen and oxygen atoms in total. The van der Waals surface area contributed by atoms with E-state index in [0.717, 1.165) is 17.7 Å². The Kier molecular flexibility index (Phi) is 7.88. The van der Waals surface area contributed by atoms with Crippen LogP contribution in [-0.4, -0.2) is 40.4 Å². The number of nitrogens with one attached hydrogen (secondary N) is 3. The third kappa shape index (κ3) is 7.19. The molecule has 1 aromatic rings. The molecule has 1 saturated carbocycles. The molecule has 1 heterocycles. The van der Waals surface area contributed by atoms with Crippen LogP contribution in [0.25, 0.3) is 0 Å². The second kappa shape index (κ2) is 9.85. The molecule has 1 aromatic heterocycles. The third-order valence-corrected chi connectivity index (χ3v) is 5.63.